The minimum Gasteiger partial charge on any atom is -0.481 e. The van der Waals surface area contributed by atoms with Crippen molar-refractivity contribution >= 4 is 22.9 Å². The second-order valence-electron chi connectivity index (χ2n) is 5.50. The molecule has 0 aliphatic heterocycles. The fourth-order valence-corrected chi connectivity index (χ4v) is 1.86. The Balaban J connectivity index is 2.11. The highest BCUT2D eigenvalue weighted by Gasteiger charge is 2.27. The number of carbonyl (C=O) groups excluding carboxylic acids is 1. The third-order valence-electron chi connectivity index (χ3n) is 3.29. The number of hydrogen-bond donors (Lipinski definition) is 3. The quantitative estimate of drug-likeness (QED) is 0.748. The van der Waals surface area contributed by atoms with Crippen LogP contribution in [0.3, 0.4) is 0 Å². The van der Waals surface area contributed by atoms with Gasteiger partial charge < -0.3 is 15.4 Å². The van der Waals surface area contributed by atoms with Gasteiger partial charge in [0.05, 0.1) is 16.4 Å². The van der Waals surface area contributed by atoms with E-state index in [9.17, 15) is 14.4 Å². The molecular weight excluding hydrogens is 274 g/mol. The van der Waals surface area contributed by atoms with Crippen LogP contribution in [0.1, 0.15) is 13.8 Å². The summed E-state index contributed by atoms with van der Waals surface area (Å²) in [5, 5.41) is 11.5. The molecule has 1 aromatic carbocycles. The molecule has 2 aromatic rings. The number of carboxylic acid groups (broad SMARTS) is 1. The van der Waals surface area contributed by atoms with E-state index in [0.29, 0.717) is 11.0 Å². The van der Waals surface area contributed by atoms with Gasteiger partial charge in [0.2, 0.25) is 5.91 Å². The molecule has 2 rings (SSSR count). The predicted octanol–water partition coefficient (Wildman–Crippen LogP) is 0.557. The summed E-state index contributed by atoms with van der Waals surface area (Å²) in [5.74, 6) is -1.40. The molecule has 1 heterocycles. The average molecular weight is 291 g/mol. The fraction of sp³-hybridized carbons (Fsp3) is 0.357. The molecule has 0 bridgehead atoms. The summed E-state index contributed by atoms with van der Waals surface area (Å²) < 4.78 is 1.32. The van der Waals surface area contributed by atoms with E-state index in [-0.39, 0.29) is 18.8 Å². The highest BCUT2D eigenvalue weighted by molar-refractivity contribution is 5.81. The second-order valence-corrected chi connectivity index (χ2v) is 5.50. The largest absolute Gasteiger partial charge is 0.481 e. The predicted molar refractivity (Wildman–Crippen MR) is 77.0 cm³/mol. The summed E-state index contributed by atoms with van der Waals surface area (Å²) in [4.78, 5) is 37.3. The van der Waals surface area contributed by atoms with Crippen LogP contribution in [0, 0.1) is 5.41 Å². The van der Waals surface area contributed by atoms with Gasteiger partial charge in [-0.2, -0.15) is 0 Å². The van der Waals surface area contributed by atoms with E-state index in [2.05, 4.69) is 10.3 Å². The number of H-pyrrole nitrogens is 1. The smallest absolute Gasteiger partial charge is 0.326 e. The zero-order valence-corrected chi connectivity index (χ0v) is 11.8. The number of carboxylic acids is 1. The number of carbonyl (C=O) groups is 2. The summed E-state index contributed by atoms with van der Waals surface area (Å²) in [7, 11) is 0. The highest BCUT2D eigenvalue weighted by atomic mass is 16.4. The number of aromatic nitrogens is 2. The number of aromatic amines is 1. The zero-order valence-electron chi connectivity index (χ0n) is 11.8. The van der Waals surface area contributed by atoms with Crippen LogP contribution in [0.4, 0.5) is 0 Å². The second kappa shape index (κ2) is 5.43. The first-order chi connectivity index (χ1) is 9.81. The van der Waals surface area contributed by atoms with Gasteiger partial charge in [-0.1, -0.05) is 12.1 Å². The lowest BCUT2D eigenvalue weighted by Crippen LogP contribution is -2.40. The summed E-state index contributed by atoms with van der Waals surface area (Å²) >= 11 is 0. The number of nitrogens with zero attached hydrogens (tertiary/aromatic N) is 1. The Morgan fingerprint density at radius 3 is 2.67 bits per heavy atom. The van der Waals surface area contributed by atoms with Crippen LogP contribution >= 0.6 is 0 Å². The molecule has 1 aromatic heterocycles. The molecular formula is C14H17N3O4. The van der Waals surface area contributed by atoms with Gasteiger partial charge in [0.15, 0.2) is 0 Å². The van der Waals surface area contributed by atoms with Gasteiger partial charge in [0.1, 0.15) is 6.54 Å². The summed E-state index contributed by atoms with van der Waals surface area (Å²) in [6, 6.07) is 7.05. The van der Waals surface area contributed by atoms with Crippen molar-refractivity contribution in [2.45, 2.75) is 20.4 Å². The van der Waals surface area contributed by atoms with Crippen LogP contribution in [0.25, 0.3) is 11.0 Å². The molecule has 3 N–H and O–H groups in total. The van der Waals surface area contributed by atoms with Crippen molar-refractivity contribution < 1.29 is 14.7 Å². The lowest BCUT2D eigenvalue weighted by molar-refractivity contribution is -0.146. The average Bonchev–Trinajstić information content (AvgIpc) is 2.73. The molecule has 112 valence electrons. The monoisotopic (exact) mass is 291 g/mol. The maximum Gasteiger partial charge on any atom is 0.326 e. The molecule has 0 saturated heterocycles. The van der Waals surface area contributed by atoms with Gasteiger partial charge in [-0.05, 0) is 26.0 Å². The van der Waals surface area contributed by atoms with Gasteiger partial charge in [-0.3, -0.25) is 14.2 Å². The highest BCUT2D eigenvalue weighted by Crippen LogP contribution is 2.13. The Hall–Kier alpha value is -2.57. The summed E-state index contributed by atoms with van der Waals surface area (Å²) in [5.41, 5.74) is -0.138. The van der Waals surface area contributed by atoms with E-state index in [4.69, 9.17) is 5.11 Å². The maximum atomic E-state index is 11.9. The standard InChI is InChI=1S/C14H17N3O4/c1-14(2,12(19)20)8-15-11(18)7-17-10-6-4-3-5-9(10)16-13(17)21/h3-6H,7-8H2,1-2H3,(H,15,18)(H,16,21)(H,19,20). The Morgan fingerprint density at radius 1 is 1.33 bits per heavy atom. The number of rotatable bonds is 5. The number of amides is 1. The van der Waals surface area contributed by atoms with Crippen molar-refractivity contribution in [1.82, 2.24) is 14.9 Å². The maximum absolute atomic E-state index is 11.9. The van der Waals surface area contributed by atoms with E-state index in [1.165, 1.54) is 18.4 Å². The molecule has 21 heavy (non-hydrogen) atoms. The van der Waals surface area contributed by atoms with Crippen molar-refractivity contribution in [2.75, 3.05) is 6.54 Å². The SMILES string of the molecule is CC(C)(CNC(=O)Cn1c(=O)[nH]c2ccccc21)C(=O)O. The third-order valence-corrected chi connectivity index (χ3v) is 3.29. The first-order valence-corrected chi connectivity index (χ1v) is 6.49. The van der Waals surface area contributed by atoms with Crippen molar-refractivity contribution in [2.24, 2.45) is 5.41 Å². The van der Waals surface area contributed by atoms with E-state index in [1.807, 2.05) is 0 Å². The summed E-state index contributed by atoms with van der Waals surface area (Å²) in [6.45, 7) is 2.89. The normalized spacial score (nSPS) is 11.5. The lowest BCUT2D eigenvalue weighted by Gasteiger charge is -2.19. The first-order valence-electron chi connectivity index (χ1n) is 6.49. The minimum absolute atomic E-state index is 0.00171. The van der Waals surface area contributed by atoms with Crippen molar-refractivity contribution in [3.63, 3.8) is 0 Å². The van der Waals surface area contributed by atoms with E-state index in [0.717, 1.165) is 0 Å². The summed E-state index contributed by atoms with van der Waals surface area (Å²) in [6.07, 6.45) is 0. The number of aliphatic carboxylic acids is 1. The van der Waals surface area contributed by atoms with E-state index in [1.54, 1.807) is 24.3 Å². The van der Waals surface area contributed by atoms with Crippen LogP contribution in [0.15, 0.2) is 29.1 Å². The van der Waals surface area contributed by atoms with Crippen molar-refractivity contribution in [3.05, 3.63) is 34.7 Å². The Labute approximate surface area is 120 Å². The molecule has 0 atom stereocenters. The number of benzene rings is 1. The molecule has 7 heteroatoms. The van der Waals surface area contributed by atoms with E-state index >= 15 is 0 Å². The molecule has 0 spiro atoms. The van der Waals surface area contributed by atoms with Gasteiger partial charge in [-0.15, -0.1) is 0 Å². The number of imidazole rings is 1. The first kappa shape index (κ1) is 14.8. The molecule has 0 unspecified atom stereocenters. The Kier molecular flexibility index (Phi) is 3.84. The number of nitrogens with one attached hydrogen (secondary N) is 2. The van der Waals surface area contributed by atoms with E-state index < -0.39 is 17.3 Å². The molecule has 0 radical (unpaired) electrons. The molecule has 0 fully saturated rings. The van der Waals surface area contributed by atoms with Crippen LogP contribution in [0.5, 0.6) is 0 Å². The fourth-order valence-electron chi connectivity index (χ4n) is 1.86. The van der Waals surface area contributed by atoms with Crippen LogP contribution in [-0.4, -0.2) is 33.1 Å². The third kappa shape index (κ3) is 3.13. The number of fused-ring (bicyclic) bond motifs is 1. The Morgan fingerprint density at radius 2 is 2.00 bits per heavy atom. The Bertz CT molecular complexity index is 742. The molecule has 0 aliphatic carbocycles. The van der Waals surface area contributed by atoms with Crippen molar-refractivity contribution in [1.29, 1.82) is 0 Å². The molecule has 7 nitrogen and oxygen atoms in total. The van der Waals surface area contributed by atoms with Crippen LogP contribution in [0.2, 0.25) is 0 Å². The number of para-hydroxylation sites is 2. The van der Waals surface area contributed by atoms with Crippen LogP contribution < -0.4 is 11.0 Å². The zero-order chi connectivity index (χ0) is 15.6. The van der Waals surface area contributed by atoms with Gasteiger partial charge >= 0.3 is 11.7 Å². The van der Waals surface area contributed by atoms with Gasteiger partial charge in [0, 0.05) is 6.54 Å². The molecule has 0 aliphatic rings. The molecule has 1 amide bonds. The van der Waals surface area contributed by atoms with Gasteiger partial charge in [0.25, 0.3) is 0 Å². The van der Waals surface area contributed by atoms with Crippen LogP contribution in [-0.2, 0) is 16.1 Å². The number of hydrogen-bond acceptors (Lipinski definition) is 3. The lowest BCUT2D eigenvalue weighted by atomic mass is 9.94. The minimum atomic E-state index is -1.05. The van der Waals surface area contributed by atoms with Gasteiger partial charge in [-0.25, -0.2) is 4.79 Å². The topological polar surface area (TPSA) is 104 Å². The molecule has 0 saturated carbocycles. The van der Waals surface area contributed by atoms with Crippen molar-refractivity contribution in [3.8, 4) is 0 Å².